The zero-order chi connectivity index (χ0) is 15.5. The molecule has 0 saturated heterocycles. The highest BCUT2D eigenvalue weighted by atomic mass is 16.2. The van der Waals surface area contributed by atoms with E-state index in [9.17, 15) is 4.79 Å². The maximum absolute atomic E-state index is 12.3. The molecule has 22 heavy (non-hydrogen) atoms. The van der Waals surface area contributed by atoms with Gasteiger partial charge in [-0.25, -0.2) is 0 Å². The number of nitrogens with one attached hydrogen (secondary N) is 1. The first-order valence-electron chi connectivity index (χ1n) is 7.84. The van der Waals surface area contributed by atoms with Crippen LogP contribution in [0.2, 0.25) is 0 Å². The van der Waals surface area contributed by atoms with E-state index in [2.05, 4.69) is 31.4 Å². The molecule has 0 unspecified atom stereocenters. The number of fused-ring (bicyclic) bond motifs is 1. The minimum absolute atomic E-state index is 0.0408. The number of rotatable bonds is 3. The molecule has 0 atom stereocenters. The van der Waals surface area contributed by atoms with Gasteiger partial charge < -0.3 is 0 Å². The van der Waals surface area contributed by atoms with Gasteiger partial charge in [0, 0.05) is 6.54 Å². The summed E-state index contributed by atoms with van der Waals surface area (Å²) in [4.78, 5) is 12.3. The second-order valence-corrected chi connectivity index (χ2v) is 6.04. The van der Waals surface area contributed by atoms with Gasteiger partial charge in [-0.3, -0.25) is 15.2 Å². The number of nitrogens with zero attached hydrogens (tertiary/aromatic N) is 1. The second kappa shape index (κ2) is 6.22. The summed E-state index contributed by atoms with van der Waals surface area (Å²) >= 11 is 0. The number of aryl methyl sites for hydroxylation is 3. The Hall–Kier alpha value is -2.29. The predicted octanol–water partition coefficient (Wildman–Crippen LogP) is 3.33. The van der Waals surface area contributed by atoms with Gasteiger partial charge in [0.05, 0.1) is 12.1 Å². The lowest BCUT2D eigenvalue weighted by atomic mass is 9.97. The van der Waals surface area contributed by atoms with E-state index in [-0.39, 0.29) is 5.91 Å². The molecule has 0 fully saturated rings. The fourth-order valence-electron chi connectivity index (χ4n) is 3.25. The van der Waals surface area contributed by atoms with Gasteiger partial charge in [-0.1, -0.05) is 48.0 Å². The third kappa shape index (κ3) is 3.14. The van der Waals surface area contributed by atoms with E-state index >= 15 is 0 Å². The van der Waals surface area contributed by atoms with Gasteiger partial charge in [0.2, 0.25) is 5.91 Å². The lowest BCUT2D eigenvalue weighted by molar-refractivity contribution is -0.120. The van der Waals surface area contributed by atoms with Crippen molar-refractivity contribution in [1.29, 1.82) is 0 Å². The minimum atomic E-state index is 0.0408. The van der Waals surface area contributed by atoms with E-state index in [0.29, 0.717) is 6.42 Å². The first-order chi connectivity index (χ1) is 10.6. The molecular formula is C19H22N2O. The third-order valence-electron chi connectivity index (χ3n) is 4.09. The molecule has 1 N–H and O–H groups in total. The quantitative estimate of drug-likeness (QED) is 0.941. The second-order valence-electron chi connectivity index (χ2n) is 6.04. The van der Waals surface area contributed by atoms with Crippen molar-refractivity contribution < 1.29 is 4.79 Å². The molecule has 3 nitrogen and oxygen atoms in total. The molecule has 2 aromatic rings. The smallest absolute Gasteiger partial charge is 0.242 e. The molecule has 0 aromatic heterocycles. The molecule has 2 aromatic carbocycles. The summed E-state index contributed by atoms with van der Waals surface area (Å²) in [5, 5.41) is 2.03. The SMILES string of the molecule is Cc1cc(C)c2c(c1)CCCN2NC(=O)Cc1ccccc1. The Morgan fingerprint density at radius 1 is 1.18 bits per heavy atom. The highest BCUT2D eigenvalue weighted by molar-refractivity contribution is 5.81. The fraction of sp³-hybridized carbons (Fsp3) is 0.316. The van der Waals surface area contributed by atoms with Crippen molar-refractivity contribution in [2.24, 2.45) is 0 Å². The van der Waals surface area contributed by atoms with Crippen molar-refractivity contribution >= 4 is 11.6 Å². The number of hydrogen-bond donors (Lipinski definition) is 1. The first-order valence-corrected chi connectivity index (χ1v) is 7.84. The number of carbonyl (C=O) groups excluding carboxylic acids is 1. The van der Waals surface area contributed by atoms with E-state index in [1.54, 1.807) is 0 Å². The van der Waals surface area contributed by atoms with Gasteiger partial charge in [0.1, 0.15) is 0 Å². The zero-order valence-electron chi connectivity index (χ0n) is 13.2. The highest BCUT2D eigenvalue weighted by Crippen LogP contribution is 2.30. The average molecular weight is 294 g/mol. The Bertz CT molecular complexity index is 679. The van der Waals surface area contributed by atoms with Crippen molar-refractivity contribution in [2.45, 2.75) is 33.1 Å². The Morgan fingerprint density at radius 3 is 2.73 bits per heavy atom. The van der Waals surface area contributed by atoms with Gasteiger partial charge in [-0.2, -0.15) is 0 Å². The summed E-state index contributed by atoms with van der Waals surface area (Å²) in [5.41, 5.74) is 9.15. The Morgan fingerprint density at radius 2 is 1.95 bits per heavy atom. The van der Waals surface area contributed by atoms with Gasteiger partial charge >= 0.3 is 0 Å². The Balaban J connectivity index is 1.76. The average Bonchev–Trinajstić information content (AvgIpc) is 2.47. The summed E-state index contributed by atoms with van der Waals surface area (Å²) in [6.07, 6.45) is 2.57. The molecule has 0 radical (unpaired) electrons. The van der Waals surface area contributed by atoms with Crippen LogP contribution in [0.25, 0.3) is 0 Å². The molecule has 0 bridgehead atoms. The van der Waals surface area contributed by atoms with Crippen molar-refractivity contribution in [2.75, 3.05) is 11.6 Å². The van der Waals surface area contributed by atoms with E-state index in [4.69, 9.17) is 0 Å². The zero-order valence-corrected chi connectivity index (χ0v) is 13.2. The van der Waals surface area contributed by atoms with Crippen LogP contribution in [0.15, 0.2) is 42.5 Å². The molecule has 1 aliphatic rings. The number of carbonyl (C=O) groups is 1. The van der Waals surface area contributed by atoms with Crippen molar-refractivity contribution in [3.63, 3.8) is 0 Å². The first kappa shape index (κ1) is 14.6. The van der Waals surface area contributed by atoms with E-state index in [1.807, 2.05) is 35.3 Å². The minimum Gasteiger partial charge on any atom is -0.285 e. The summed E-state index contributed by atoms with van der Waals surface area (Å²) in [6, 6.07) is 14.3. The van der Waals surface area contributed by atoms with E-state index < -0.39 is 0 Å². The largest absolute Gasteiger partial charge is 0.285 e. The van der Waals surface area contributed by atoms with Gasteiger partial charge in [-0.15, -0.1) is 0 Å². The highest BCUT2D eigenvalue weighted by Gasteiger charge is 2.20. The van der Waals surface area contributed by atoms with Gasteiger partial charge in [0.15, 0.2) is 0 Å². The number of benzene rings is 2. The van der Waals surface area contributed by atoms with Crippen LogP contribution in [-0.4, -0.2) is 12.5 Å². The van der Waals surface area contributed by atoms with Crippen LogP contribution < -0.4 is 10.4 Å². The van der Waals surface area contributed by atoms with Crippen molar-refractivity contribution in [1.82, 2.24) is 5.43 Å². The van der Waals surface area contributed by atoms with Crippen LogP contribution in [0.1, 0.15) is 28.7 Å². The molecule has 0 aliphatic carbocycles. The van der Waals surface area contributed by atoms with Crippen LogP contribution in [0.4, 0.5) is 5.69 Å². The lowest BCUT2D eigenvalue weighted by Gasteiger charge is -2.33. The summed E-state index contributed by atoms with van der Waals surface area (Å²) in [7, 11) is 0. The van der Waals surface area contributed by atoms with E-state index in [0.717, 1.165) is 24.9 Å². The predicted molar refractivity (Wildman–Crippen MR) is 89.9 cm³/mol. The summed E-state index contributed by atoms with van der Waals surface area (Å²) in [6.45, 7) is 5.12. The van der Waals surface area contributed by atoms with E-state index in [1.165, 1.54) is 22.4 Å². The Labute approximate surface area is 131 Å². The maximum atomic E-state index is 12.3. The van der Waals surface area contributed by atoms with Crippen molar-refractivity contribution in [3.8, 4) is 0 Å². The molecule has 0 spiro atoms. The van der Waals surface area contributed by atoms with Gasteiger partial charge in [-0.05, 0) is 43.4 Å². The summed E-state index contributed by atoms with van der Waals surface area (Å²) < 4.78 is 0. The number of hydrogen-bond acceptors (Lipinski definition) is 2. The molecule has 0 saturated carbocycles. The Kier molecular flexibility index (Phi) is 4.14. The molecule has 1 amide bonds. The fourth-order valence-corrected chi connectivity index (χ4v) is 3.25. The van der Waals surface area contributed by atoms with Crippen LogP contribution in [0.5, 0.6) is 0 Å². The summed E-state index contributed by atoms with van der Waals surface area (Å²) in [5.74, 6) is 0.0408. The van der Waals surface area contributed by atoms with Crippen LogP contribution in [0, 0.1) is 13.8 Å². The maximum Gasteiger partial charge on any atom is 0.242 e. The number of amides is 1. The monoisotopic (exact) mass is 294 g/mol. The van der Waals surface area contributed by atoms with Crippen LogP contribution in [-0.2, 0) is 17.6 Å². The number of hydrazine groups is 1. The normalized spacial score (nSPS) is 13.6. The molecule has 3 rings (SSSR count). The molecule has 1 heterocycles. The lowest BCUT2D eigenvalue weighted by Crippen LogP contribution is -2.46. The molecule has 1 aliphatic heterocycles. The molecule has 3 heteroatoms. The van der Waals surface area contributed by atoms with Crippen molar-refractivity contribution in [3.05, 3.63) is 64.7 Å². The molecule has 114 valence electrons. The molecular weight excluding hydrogens is 272 g/mol. The third-order valence-corrected chi connectivity index (χ3v) is 4.09. The number of anilines is 1. The standard InChI is InChI=1S/C19H22N2O/c1-14-11-15(2)19-17(12-14)9-6-10-21(19)20-18(22)13-16-7-4-3-5-8-16/h3-5,7-8,11-12H,6,9-10,13H2,1-2H3,(H,20,22). The topological polar surface area (TPSA) is 32.3 Å². The van der Waals surface area contributed by atoms with Crippen LogP contribution in [0.3, 0.4) is 0 Å². The van der Waals surface area contributed by atoms with Gasteiger partial charge in [0.25, 0.3) is 0 Å². The van der Waals surface area contributed by atoms with Crippen LogP contribution >= 0.6 is 0 Å².